The first-order chi connectivity index (χ1) is 29.0. The summed E-state index contributed by atoms with van der Waals surface area (Å²) in [4.78, 5) is 5.31. The van der Waals surface area contributed by atoms with E-state index in [4.69, 9.17) is 4.98 Å². The lowest BCUT2D eigenvalue weighted by Gasteiger charge is -2.46. The monoisotopic (exact) mass is 753 g/mol. The number of pyridine rings is 1. The van der Waals surface area contributed by atoms with Crippen LogP contribution in [0.3, 0.4) is 0 Å². The second-order valence-corrected chi connectivity index (χ2v) is 16.7. The molecule has 2 aliphatic carbocycles. The van der Waals surface area contributed by atoms with Crippen molar-refractivity contribution in [1.82, 2.24) is 4.98 Å². The van der Waals surface area contributed by atoms with Crippen molar-refractivity contribution < 1.29 is 0 Å². The van der Waals surface area contributed by atoms with Crippen LogP contribution in [0.2, 0.25) is 0 Å². The van der Waals surface area contributed by atoms with Crippen LogP contribution in [0.5, 0.6) is 0 Å². The maximum Gasteiger partial charge on any atom is 0.0719 e. The number of benzene rings is 8. The summed E-state index contributed by atoms with van der Waals surface area (Å²) in [6, 6.07) is 78.4. The van der Waals surface area contributed by atoms with Crippen LogP contribution in [0.25, 0.3) is 55.8 Å². The Kier molecular flexibility index (Phi) is 8.20. The molecule has 9 aromatic rings. The summed E-state index contributed by atoms with van der Waals surface area (Å²) in [7, 11) is 0. The number of aromatic nitrogens is 1. The first-order valence-electron chi connectivity index (χ1n) is 20.7. The summed E-state index contributed by atoms with van der Waals surface area (Å²) in [6.07, 6.45) is 0.752. The zero-order valence-electron chi connectivity index (χ0n) is 33.4. The van der Waals surface area contributed by atoms with Crippen molar-refractivity contribution in [2.24, 2.45) is 0 Å². The lowest BCUT2D eigenvalue weighted by atomic mass is 9.55. The van der Waals surface area contributed by atoms with Gasteiger partial charge in [-0.1, -0.05) is 202 Å². The largest absolute Gasteiger partial charge is 0.252 e. The second-order valence-electron chi connectivity index (χ2n) is 16.7. The van der Waals surface area contributed by atoms with E-state index in [1.807, 2.05) is 0 Å². The van der Waals surface area contributed by atoms with Gasteiger partial charge in [0.15, 0.2) is 0 Å². The molecule has 0 bridgehead atoms. The number of nitrogens with zero attached hydrogens (tertiary/aromatic N) is 1. The molecule has 1 aromatic heterocycles. The van der Waals surface area contributed by atoms with Gasteiger partial charge in [0.2, 0.25) is 0 Å². The summed E-state index contributed by atoms with van der Waals surface area (Å²) in [5.74, 6) is 0. The van der Waals surface area contributed by atoms with Crippen molar-refractivity contribution in [3.63, 3.8) is 0 Å². The van der Waals surface area contributed by atoms with Gasteiger partial charge >= 0.3 is 0 Å². The third-order valence-electron chi connectivity index (χ3n) is 13.0. The van der Waals surface area contributed by atoms with E-state index in [2.05, 4.69) is 226 Å². The zero-order valence-corrected chi connectivity index (χ0v) is 33.4. The minimum atomic E-state index is -0.504. The predicted molar refractivity (Wildman–Crippen MR) is 245 cm³/mol. The van der Waals surface area contributed by atoms with Gasteiger partial charge in [0.25, 0.3) is 0 Å². The van der Waals surface area contributed by atoms with E-state index in [0.717, 1.165) is 23.4 Å². The van der Waals surface area contributed by atoms with Crippen LogP contribution < -0.4 is 0 Å². The van der Waals surface area contributed by atoms with Crippen molar-refractivity contribution in [3.05, 3.63) is 257 Å². The van der Waals surface area contributed by atoms with Crippen LogP contribution in [0.15, 0.2) is 212 Å². The minimum Gasteiger partial charge on any atom is -0.252 e. The van der Waals surface area contributed by atoms with Gasteiger partial charge in [0.05, 0.1) is 11.1 Å². The van der Waals surface area contributed by atoms with E-state index >= 15 is 0 Å². The van der Waals surface area contributed by atoms with Crippen molar-refractivity contribution in [2.45, 2.75) is 31.1 Å². The molecule has 0 atom stereocenters. The van der Waals surface area contributed by atoms with E-state index < -0.39 is 5.41 Å². The Bertz CT molecular complexity index is 2980. The van der Waals surface area contributed by atoms with Gasteiger partial charge in [-0.2, -0.15) is 0 Å². The molecular formula is C58H43N. The molecule has 59 heavy (non-hydrogen) atoms. The van der Waals surface area contributed by atoms with Gasteiger partial charge in [-0.3, -0.25) is 4.98 Å². The quantitative estimate of drug-likeness (QED) is 0.165. The zero-order chi connectivity index (χ0) is 39.6. The number of rotatable bonds is 6. The highest BCUT2D eigenvalue weighted by molar-refractivity contribution is 5.98. The highest BCUT2D eigenvalue weighted by Crippen LogP contribution is 2.63. The Morgan fingerprint density at radius 2 is 0.881 bits per heavy atom. The first-order valence-corrected chi connectivity index (χ1v) is 20.7. The Labute approximate surface area is 347 Å². The molecule has 8 aromatic carbocycles. The SMILES string of the molecule is CC1(C)c2ccccc2C2(c3ccc(-c4cccc(-c5ccccc5)c4)cc3-c3c(-c4cc(Cc5ccccc5)nc(-c5ccccc5)c4)cccc32)c2ccccc21. The van der Waals surface area contributed by atoms with Crippen LogP contribution in [-0.2, 0) is 17.3 Å². The molecule has 1 heteroatoms. The van der Waals surface area contributed by atoms with Crippen LogP contribution in [0, 0.1) is 0 Å². The summed E-state index contributed by atoms with van der Waals surface area (Å²) < 4.78 is 0. The summed E-state index contributed by atoms with van der Waals surface area (Å²) in [6.45, 7) is 4.79. The molecule has 1 nitrogen and oxygen atoms in total. The average Bonchev–Trinajstić information content (AvgIpc) is 3.60. The lowest BCUT2D eigenvalue weighted by molar-refractivity contribution is 0.563. The molecule has 0 amide bonds. The summed E-state index contributed by atoms with van der Waals surface area (Å²) in [5, 5.41) is 0. The maximum absolute atomic E-state index is 5.31. The van der Waals surface area contributed by atoms with Crippen LogP contribution in [0.1, 0.15) is 58.5 Å². The van der Waals surface area contributed by atoms with Crippen molar-refractivity contribution >= 4 is 0 Å². The lowest BCUT2D eigenvalue weighted by Crippen LogP contribution is -2.40. The molecule has 0 saturated carbocycles. The van der Waals surface area contributed by atoms with Gasteiger partial charge < -0.3 is 0 Å². The molecular weight excluding hydrogens is 711 g/mol. The van der Waals surface area contributed by atoms with Crippen LogP contribution in [-0.4, -0.2) is 4.98 Å². The molecule has 11 rings (SSSR count). The first kappa shape index (κ1) is 35.1. The highest BCUT2D eigenvalue weighted by Gasteiger charge is 2.53. The molecule has 0 aliphatic heterocycles. The van der Waals surface area contributed by atoms with E-state index in [1.165, 1.54) is 83.5 Å². The highest BCUT2D eigenvalue weighted by atomic mass is 14.7. The van der Waals surface area contributed by atoms with Crippen molar-refractivity contribution in [3.8, 4) is 55.8 Å². The third kappa shape index (κ3) is 5.57. The average molecular weight is 754 g/mol. The third-order valence-corrected chi connectivity index (χ3v) is 13.0. The maximum atomic E-state index is 5.31. The van der Waals surface area contributed by atoms with E-state index in [-0.39, 0.29) is 5.41 Å². The van der Waals surface area contributed by atoms with Gasteiger partial charge in [0.1, 0.15) is 0 Å². The van der Waals surface area contributed by atoms with Gasteiger partial charge in [-0.15, -0.1) is 0 Å². The molecule has 0 N–H and O–H groups in total. The fourth-order valence-corrected chi connectivity index (χ4v) is 10.3. The minimum absolute atomic E-state index is 0.168. The topological polar surface area (TPSA) is 12.9 Å². The number of fused-ring (bicyclic) bond motifs is 9. The summed E-state index contributed by atoms with van der Waals surface area (Å²) in [5.41, 5.74) is 21.7. The van der Waals surface area contributed by atoms with E-state index in [9.17, 15) is 0 Å². The van der Waals surface area contributed by atoms with Crippen LogP contribution >= 0.6 is 0 Å². The number of hydrogen-bond acceptors (Lipinski definition) is 1. The smallest absolute Gasteiger partial charge is 0.0719 e. The van der Waals surface area contributed by atoms with Gasteiger partial charge in [0, 0.05) is 23.1 Å². The molecule has 1 heterocycles. The Hall–Kier alpha value is -7.09. The Morgan fingerprint density at radius 1 is 0.356 bits per heavy atom. The van der Waals surface area contributed by atoms with Gasteiger partial charge in [-0.05, 0) is 108 Å². The van der Waals surface area contributed by atoms with Crippen molar-refractivity contribution in [1.29, 1.82) is 0 Å². The Balaban J connectivity index is 1.21. The normalized spacial score (nSPS) is 13.9. The number of hydrogen-bond donors (Lipinski definition) is 0. The molecule has 0 radical (unpaired) electrons. The molecule has 0 unspecified atom stereocenters. The molecule has 0 saturated heterocycles. The van der Waals surface area contributed by atoms with E-state index in [1.54, 1.807) is 0 Å². The fraction of sp³-hybridized carbons (Fsp3) is 0.0862. The van der Waals surface area contributed by atoms with Crippen LogP contribution in [0.4, 0.5) is 0 Å². The fourth-order valence-electron chi connectivity index (χ4n) is 10.3. The summed E-state index contributed by atoms with van der Waals surface area (Å²) >= 11 is 0. The molecule has 2 aliphatic rings. The van der Waals surface area contributed by atoms with Gasteiger partial charge in [-0.25, -0.2) is 0 Å². The van der Waals surface area contributed by atoms with Crippen molar-refractivity contribution in [2.75, 3.05) is 0 Å². The molecule has 1 spiro atoms. The standard InChI is InChI=1S/C58H43N/c1-57(2)50-27-12-14-29-52(50)58(53-30-15-13-28-51(53)57)49-33-32-44(43-25-16-24-42(35-43)40-20-8-4-9-21-40)37-48(49)56-47(26-17-31-54(56)58)45-36-46(34-39-18-6-3-7-19-39)59-55(38-45)41-22-10-5-11-23-41/h3-33,35-38H,34H2,1-2H3. The molecule has 0 fully saturated rings. The Morgan fingerprint density at radius 3 is 1.56 bits per heavy atom. The second kappa shape index (κ2) is 13.8. The predicted octanol–water partition coefficient (Wildman–Crippen LogP) is 14.3. The molecule has 280 valence electrons. The van der Waals surface area contributed by atoms with E-state index in [0.29, 0.717) is 0 Å².